The van der Waals surface area contributed by atoms with Crippen molar-refractivity contribution < 1.29 is 32.2 Å². The molecule has 0 radical (unpaired) electrons. The Morgan fingerprint density at radius 1 is 1.09 bits per heavy atom. The molecule has 2 aromatic carbocycles. The lowest BCUT2D eigenvalue weighted by Crippen LogP contribution is -2.51. The zero-order chi connectivity index (χ0) is 39.5. The van der Waals surface area contributed by atoms with Gasteiger partial charge in [0.2, 0.25) is 5.91 Å². The summed E-state index contributed by atoms with van der Waals surface area (Å²) in [5.74, 6) is -0.955. The maximum atomic E-state index is 16.9. The first-order valence-electron chi connectivity index (χ1n) is 19.1. The number of halogens is 4. The minimum absolute atomic E-state index is 0.0153. The van der Waals surface area contributed by atoms with Crippen molar-refractivity contribution >= 4 is 51.1 Å². The van der Waals surface area contributed by atoms with Crippen LogP contribution >= 0.6 is 11.6 Å². The molecule has 4 aliphatic rings. The number of amides is 2. The van der Waals surface area contributed by atoms with Gasteiger partial charge in [0.1, 0.15) is 41.6 Å². The monoisotopic (exact) mass is 791 g/mol. The number of carbonyl (C=O) groups excluding carboxylic acids is 2. The van der Waals surface area contributed by atoms with E-state index >= 15 is 8.78 Å². The Hall–Kier alpha value is -4.69. The number of benzene rings is 2. The predicted molar refractivity (Wildman–Crippen MR) is 208 cm³/mol. The molecular weight excluding hydrogens is 747 g/mol. The Balaban J connectivity index is 1.09. The Bertz CT molecular complexity index is 2220. The molecule has 0 spiro atoms. The van der Waals surface area contributed by atoms with Gasteiger partial charge in [-0.2, -0.15) is 9.97 Å². The van der Waals surface area contributed by atoms with Crippen molar-refractivity contribution in [2.45, 2.75) is 82.0 Å². The molecule has 0 unspecified atom stereocenters. The quantitative estimate of drug-likeness (QED) is 0.172. The summed E-state index contributed by atoms with van der Waals surface area (Å²) in [5.41, 5.74) is -0.747. The molecule has 4 aromatic rings. The molecular formula is C41H45ClF3N7O4. The summed E-state index contributed by atoms with van der Waals surface area (Å²) in [6.07, 6.45) is 4.25. The average Bonchev–Trinajstić information content (AvgIpc) is 3.80. The number of anilines is 1. The molecule has 11 nitrogen and oxygen atoms in total. The van der Waals surface area contributed by atoms with Crippen LogP contribution in [0.4, 0.5) is 23.8 Å². The van der Waals surface area contributed by atoms with Gasteiger partial charge in [0.25, 0.3) is 0 Å². The standard InChI is InChI=1S/C41H45ClF3N7O4/c1-40(2,3)56-39(54)52-17-14-26(52)12-13-32(53)50-21-30(44)31(22-50)49(4)37-28-19-46-35(27-10-5-8-24-9-6-11-29(42)33(24)27)34(45)36(28)47-38(48-37)55-23-41-15-7-16-51(41)20-25(43)18-41/h5-6,8-13,19,25-26,30-31H,7,14-18,20-23H2,1-4H3/b13-12+/t25-,26-,30+,31+,41+/m1/s1. The normalized spacial score (nSPS) is 25.3. The van der Waals surface area contributed by atoms with E-state index in [2.05, 4.69) is 14.9 Å². The lowest BCUT2D eigenvalue weighted by Gasteiger charge is -2.39. The number of alkyl halides is 2. The average molecular weight is 792 g/mol. The van der Waals surface area contributed by atoms with E-state index in [-0.39, 0.29) is 54.2 Å². The van der Waals surface area contributed by atoms with E-state index < -0.39 is 47.3 Å². The number of carbonyl (C=O) groups is 2. The molecule has 4 fully saturated rings. The Morgan fingerprint density at radius 2 is 1.88 bits per heavy atom. The molecule has 15 heteroatoms. The number of aromatic nitrogens is 3. The van der Waals surface area contributed by atoms with E-state index in [0.717, 1.165) is 24.8 Å². The van der Waals surface area contributed by atoms with Gasteiger partial charge in [-0.15, -0.1) is 0 Å². The van der Waals surface area contributed by atoms with E-state index in [4.69, 9.17) is 26.1 Å². The largest absolute Gasteiger partial charge is 0.461 e. The van der Waals surface area contributed by atoms with Crippen molar-refractivity contribution in [1.82, 2.24) is 29.7 Å². The van der Waals surface area contributed by atoms with E-state index in [1.54, 1.807) is 61.9 Å². The maximum Gasteiger partial charge on any atom is 0.410 e. The number of rotatable bonds is 8. The molecule has 296 valence electrons. The van der Waals surface area contributed by atoms with Gasteiger partial charge < -0.3 is 24.2 Å². The summed E-state index contributed by atoms with van der Waals surface area (Å²) >= 11 is 6.62. The summed E-state index contributed by atoms with van der Waals surface area (Å²) in [6, 6.07) is 9.57. The third-order valence-corrected chi connectivity index (χ3v) is 11.8. The minimum Gasteiger partial charge on any atom is -0.461 e. The van der Waals surface area contributed by atoms with Crippen molar-refractivity contribution in [3.05, 3.63) is 65.6 Å². The maximum absolute atomic E-state index is 16.9. The van der Waals surface area contributed by atoms with Crippen LogP contribution in [-0.2, 0) is 9.53 Å². The number of ether oxygens (including phenoxy) is 2. The van der Waals surface area contributed by atoms with E-state index in [9.17, 15) is 14.0 Å². The third-order valence-electron chi connectivity index (χ3n) is 11.5. The molecule has 0 saturated carbocycles. The lowest BCUT2D eigenvalue weighted by molar-refractivity contribution is -0.125. The molecule has 2 amide bonds. The number of hydrogen-bond donors (Lipinski definition) is 0. The molecule has 2 aromatic heterocycles. The van der Waals surface area contributed by atoms with Gasteiger partial charge in [0.05, 0.1) is 29.6 Å². The molecule has 8 rings (SSSR count). The van der Waals surface area contributed by atoms with Crippen molar-refractivity contribution in [2.24, 2.45) is 0 Å². The van der Waals surface area contributed by atoms with Gasteiger partial charge in [0, 0.05) is 61.3 Å². The van der Waals surface area contributed by atoms with E-state index in [1.807, 2.05) is 18.2 Å². The van der Waals surface area contributed by atoms with E-state index in [0.29, 0.717) is 41.9 Å². The zero-order valence-electron chi connectivity index (χ0n) is 31.9. The molecule has 4 saturated heterocycles. The zero-order valence-corrected chi connectivity index (χ0v) is 32.6. The summed E-state index contributed by atoms with van der Waals surface area (Å²) in [4.78, 5) is 46.3. The highest BCUT2D eigenvalue weighted by Crippen LogP contribution is 2.42. The van der Waals surface area contributed by atoms with Crippen LogP contribution in [0.5, 0.6) is 6.01 Å². The second-order valence-corrected chi connectivity index (χ2v) is 16.8. The van der Waals surface area contributed by atoms with Crippen molar-refractivity contribution in [3.63, 3.8) is 0 Å². The summed E-state index contributed by atoms with van der Waals surface area (Å²) in [7, 11) is 1.64. The first-order valence-corrected chi connectivity index (χ1v) is 19.5. The van der Waals surface area contributed by atoms with Crippen LogP contribution in [0.15, 0.2) is 54.7 Å². The van der Waals surface area contributed by atoms with Crippen LogP contribution in [0.25, 0.3) is 32.9 Å². The molecule has 4 aliphatic heterocycles. The van der Waals surface area contributed by atoms with Crippen LogP contribution in [0, 0.1) is 5.82 Å². The van der Waals surface area contributed by atoms with Crippen molar-refractivity contribution in [3.8, 4) is 17.3 Å². The molecule has 56 heavy (non-hydrogen) atoms. The van der Waals surface area contributed by atoms with Crippen LogP contribution in [0.3, 0.4) is 0 Å². The van der Waals surface area contributed by atoms with Gasteiger partial charge in [-0.25, -0.2) is 18.0 Å². The molecule has 0 N–H and O–H groups in total. The highest BCUT2D eigenvalue weighted by Gasteiger charge is 2.49. The van der Waals surface area contributed by atoms with Crippen molar-refractivity contribution in [2.75, 3.05) is 51.3 Å². The summed E-state index contributed by atoms with van der Waals surface area (Å²) < 4.78 is 59.2. The topological polar surface area (TPSA) is 104 Å². The Morgan fingerprint density at radius 3 is 2.62 bits per heavy atom. The molecule has 0 bridgehead atoms. The first-order chi connectivity index (χ1) is 26.7. The Kier molecular flexibility index (Phi) is 10.0. The highest BCUT2D eigenvalue weighted by molar-refractivity contribution is 6.36. The third kappa shape index (κ3) is 7.10. The lowest BCUT2D eigenvalue weighted by atomic mass is 9.95. The van der Waals surface area contributed by atoms with Gasteiger partial charge in [-0.05, 0) is 58.0 Å². The minimum atomic E-state index is -1.48. The number of likely N-dealkylation sites (tertiary alicyclic amines) is 2. The fourth-order valence-corrected chi connectivity index (χ4v) is 8.87. The van der Waals surface area contributed by atoms with Crippen LogP contribution in [0.2, 0.25) is 5.02 Å². The molecule has 6 heterocycles. The van der Waals surface area contributed by atoms with Gasteiger partial charge in [-0.3, -0.25) is 14.7 Å². The smallest absolute Gasteiger partial charge is 0.410 e. The summed E-state index contributed by atoms with van der Waals surface area (Å²) in [5, 5.41) is 2.10. The van der Waals surface area contributed by atoms with Gasteiger partial charge >= 0.3 is 12.1 Å². The SMILES string of the molecule is CN(c1nc(OC[C@@]23CCCN2C[C@H](F)C3)nc2c(F)c(-c3cccc4cccc(Cl)c34)ncc12)[C@H]1CN(C(=O)/C=C/[C@@H]2CCN2C(=O)OC(C)(C)C)C[C@@H]1F. The number of pyridine rings is 1. The highest BCUT2D eigenvalue weighted by atomic mass is 35.5. The van der Waals surface area contributed by atoms with Crippen molar-refractivity contribution in [1.29, 1.82) is 0 Å². The number of likely N-dealkylation sites (N-methyl/N-ethyl adjacent to an activating group) is 1. The van der Waals surface area contributed by atoms with Crippen LogP contribution in [0.1, 0.15) is 46.5 Å². The summed E-state index contributed by atoms with van der Waals surface area (Å²) in [6.45, 7) is 6.93. The van der Waals surface area contributed by atoms with Gasteiger partial charge in [0.15, 0.2) is 5.82 Å². The fourth-order valence-electron chi connectivity index (χ4n) is 8.59. The van der Waals surface area contributed by atoms with E-state index in [1.165, 1.54) is 17.2 Å². The molecule has 5 atom stereocenters. The second kappa shape index (κ2) is 14.7. The van der Waals surface area contributed by atoms with Crippen LogP contribution < -0.4 is 9.64 Å². The van der Waals surface area contributed by atoms with Gasteiger partial charge in [-0.1, -0.05) is 48.0 Å². The Labute approximate surface area is 328 Å². The first kappa shape index (κ1) is 38.2. The number of hydrogen-bond acceptors (Lipinski definition) is 9. The number of fused-ring (bicyclic) bond motifs is 3. The fraction of sp³-hybridized carbons (Fsp3) is 0.488. The molecule has 0 aliphatic carbocycles. The number of nitrogens with zero attached hydrogens (tertiary/aromatic N) is 7. The predicted octanol–water partition coefficient (Wildman–Crippen LogP) is 7.14. The second-order valence-electron chi connectivity index (χ2n) is 16.3. The van der Waals surface area contributed by atoms with Crippen LogP contribution in [-0.4, -0.2) is 124 Å².